The standard InChI is InChI=1S/C17H16BrN5O3S/c18-13-5-1-2-6-14(13)21-15(24)8-19-16(25)10-27-17-22-20-11-23(17)9-12-4-3-7-26-12/h1-7,11H,8-10H2,(H,19,25)(H,21,24). The number of hydrogen-bond donors (Lipinski definition) is 2. The zero-order chi connectivity index (χ0) is 19.1. The summed E-state index contributed by atoms with van der Waals surface area (Å²) in [5.74, 6) is 0.319. The van der Waals surface area contributed by atoms with Crippen molar-refractivity contribution in [1.82, 2.24) is 20.1 Å². The number of anilines is 1. The van der Waals surface area contributed by atoms with Crippen LogP contribution in [0.25, 0.3) is 0 Å². The van der Waals surface area contributed by atoms with Gasteiger partial charge >= 0.3 is 0 Å². The van der Waals surface area contributed by atoms with Crippen molar-refractivity contribution >= 4 is 45.2 Å². The second kappa shape index (κ2) is 9.38. The van der Waals surface area contributed by atoms with Gasteiger partial charge in [-0.05, 0) is 40.2 Å². The molecule has 2 heterocycles. The molecule has 1 aromatic carbocycles. The van der Waals surface area contributed by atoms with Crippen molar-refractivity contribution < 1.29 is 14.0 Å². The van der Waals surface area contributed by atoms with Crippen LogP contribution < -0.4 is 10.6 Å². The molecule has 2 amide bonds. The molecular formula is C17H16BrN5O3S. The molecule has 3 aromatic rings. The third-order valence-corrected chi connectivity index (χ3v) is 5.09. The Bertz CT molecular complexity index is 913. The molecule has 8 nitrogen and oxygen atoms in total. The first-order chi connectivity index (χ1) is 13.1. The third kappa shape index (κ3) is 5.69. The summed E-state index contributed by atoms with van der Waals surface area (Å²) in [6.07, 6.45) is 3.17. The van der Waals surface area contributed by atoms with Crippen molar-refractivity contribution in [3.63, 3.8) is 0 Å². The second-order valence-electron chi connectivity index (χ2n) is 5.41. The zero-order valence-electron chi connectivity index (χ0n) is 14.1. The van der Waals surface area contributed by atoms with Gasteiger partial charge in [-0.1, -0.05) is 23.9 Å². The number of amides is 2. The average molecular weight is 450 g/mol. The highest BCUT2D eigenvalue weighted by Gasteiger charge is 2.11. The molecule has 0 saturated heterocycles. The second-order valence-corrected chi connectivity index (χ2v) is 7.21. The molecule has 0 fully saturated rings. The number of rotatable bonds is 8. The summed E-state index contributed by atoms with van der Waals surface area (Å²) in [7, 11) is 0. The fraction of sp³-hybridized carbons (Fsp3) is 0.176. The van der Waals surface area contributed by atoms with E-state index in [1.807, 2.05) is 24.3 Å². The van der Waals surface area contributed by atoms with Crippen molar-refractivity contribution in [2.24, 2.45) is 0 Å². The molecule has 0 atom stereocenters. The molecule has 27 heavy (non-hydrogen) atoms. The number of carbonyl (C=O) groups is 2. The fourth-order valence-electron chi connectivity index (χ4n) is 2.15. The maximum Gasteiger partial charge on any atom is 0.243 e. The van der Waals surface area contributed by atoms with E-state index in [-0.39, 0.29) is 24.1 Å². The van der Waals surface area contributed by atoms with Crippen molar-refractivity contribution in [1.29, 1.82) is 0 Å². The van der Waals surface area contributed by atoms with Crippen molar-refractivity contribution in [2.75, 3.05) is 17.6 Å². The molecular weight excluding hydrogens is 434 g/mol. The molecule has 140 valence electrons. The van der Waals surface area contributed by atoms with E-state index in [4.69, 9.17) is 4.42 Å². The predicted molar refractivity (Wildman–Crippen MR) is 104 cm³/mol. The Kier molecular flexibility index (Phi) is 6.66. The molecule has 0 saturated carbocycles. The highest BCUT2D eigenvalue weighted by atomic mass is 79.9. The van der Waals surface area contributed by atoms with E-state index >= 15 is 0 Å². The van der Waals surface area contributed by atoms with Gasteiger partial charge in [0.15, 0.2) is 5.16 Å². The molecule has 3 rings (SSSR count). The summed E-state index contributed by atoms with van der Waals surface area (Å²) < 4.78 is 7.86. The molecule has 0 radical (unpaired) electrons. The van der Waals surface area contributed by atoms with Crippen LogP contribution in [0, 0.1) is 0 Å². The van der Waals surface area contributed by atoms with Crippen LogP contribution in [0.5, 0.6) is 0 Å². The average Bonchev–Trinajstić information content (AvgIpc) is 3.33. The lowest BCUT2D eigenvalue weighted by atomic mass is 10.3. The lowest BCUT2D eigenvalue weighted by Crippen LogP contribution is -2.34. The molecule has 0 spiro atoms. The summed E-state index contributed by atoms with van der Waals surface area (Å²) in [5, 5.41) is 13.8. The van der Waals surface area contributed by atoms with Gasteiger partial charge in [0.25, 0.3) is 0 Å². The normalized spacial score (nSPS) is 10.6. The molecule has 0 unspecified atom stereocenters. The van der Waals surface area contributed by atoms with Crippen LogP contribution in [0.2, 0.25) is 0 Å². The van der Waals surface area contributed by atoms with E-state index in [9.17, 15) is 9.59 Å². The maximum absolute atomic E-state index is 12.0. The first-order valence-corrected chi connectivity index (χ1v) is 9.74. The van der Waals surface area contributed by atoms with Crippen LogP contribution in [0.4, 0.5) is 5.69 Å². The first kappa shape index (κ1) is 19.2. The maximum atomic E-state index is 12.0. The van der Waals surface area contributed by atoms with Crippen LogP contribution in [0.15, 0.2) is 63.0 Å². The van der Waals surface area contributed by atoms with Gasteiger partial charge in [-0.15, -0.1) is 10.2 Å². The van der Waals surface area contributed by atoms with E-state index in [0.29, 0.717) is 17.4 Å². The first-order valence-electron chi connectivity index (χ1n) is 7.96. The number of para-hydroxylation sites is 1. The minimum absolute atomic E-state index is 0.111. The molecule has 2 aromatic heterocycles. The highest BCUT2D eigenvalue weighted by molar-refractivity contribution is 9.10. The van der Waals surface area contributed by atoms with E-state index in [0.717, 1.165) is 10.2 Å². The Balaban J connectivity index is 1.43. The lowest BCUT2D eigenvalue weighted by Gasteiger charge is -2.08. The van der Waals surface area contributed by atoms with Crippen LogP contribution in [0.3, 0.4) is 0 Å². The molecule has 2 N–H and O–H groups in total. The van der Waals surface area contributed by atoms with Gasteiger partial charge in [-0.3, -0.25) is 9.59 Å². The van der Waals surface area contributed by atoms with Gasteiger partial charge in [0, 0.05) is 4.47 Å². The van der Waals surface area contributed by atoms with E-state index in [1.54, 1.807) is 29.3 Å². The molecule has 10 heteroatoms. The van der Waals surface area contributed by atoms with Crippen molar-refractivity contribution in [3.8, 4) is 0 Å². The SMILES string of the molecule is O=C(CSc1nncn1Cc1ccco1)NCC(=O)Nc1ccccc1Br. The summed E-state index contributed by atoms with van der Waals surface area (Å²) in [6.45, 7) is 0.373. The fourth-order valence-corrected chi connectivity index (χ4v) is 3.28. The monoisotopic (exact) mass is 449 g/mol. The summed E-state index contributed by atoms with van der Waals surface area (Å²) in [6, 6.07) is 10.9. The summed E-state index contributed by atoms with van der Waals surface area (Å²) in [4.78, 5) is 23.9. The van der Waals surface area contributed by atoms with Crippen LogP contribution >= 0.6 is 27.7 Å². The largest absolute Gasteiger partial charge is 0.467 e. The minimum Gasteiger partial charge on any atom is -0.467 e. The smallest absolute Gasteiger partial charge is 0.243 e. The number of nitrogens with one attached hydrogen (secondary N) is 2. The number of nitrogens with zero attached hydrogens (tertiary/aromatic N) is 3. The predicted octanol–water partition coefficient (Wildman–Crippen LogP) is 2.53. The van der Waals surface area contributed by atoms with Gasteiger partial charge < -0.3 is 19.6 Å². The van der Waals surface area contributed by atoms with Crippen LogP contribution in [0.1, 0.15) is 5.76 Å². The Morgan fingerprint density at radius 1 is 1.19 bits per heavy atom. The Hall–Kier alpha value is -2.59. The Morgan fingerprint density at radius 2 is 2.04 bits per heavy atom. The number of halogens is 1. The molecule has 0 bridgehead atoms. The number of carbonyl (C=O) groups excluding carboxylic acids is 2. The van der Waals surface area contributed by atoms with Gasteiger partial charge in [0.05, 0.1) is 30.8 Å². The van der Waals surface area contributed by atoms with E-state index in [2.05, 4.69) is 36.8 Å². The zero-order valence-corrected chi connectivity index (χ0v) is 16.5. The molecule has 0 aliphatic rings. The highest BCUT2D eigenvalue weighted by Crippen LogP contribution is 2.21. The minimum atomic E-state index is -0.304. The van der Waals surface area contributed by atoms with E-state index in [1.165, 1.54) is 11.8 Å². The van der Waals surface area contributed by atoms with Crippen LogP contribution in [-0.2, 0) is 16.1 Å². The summed E-state index contributed by atoms with van der Waals surface area (Å²) in [5.41, 5.74) is 0.650. The van der Waals surface area contributed by atoms with E-state index < -0.39 is 0 Å². The molecule has 0 aliphatic carbocycles. The number of benzene rings is 1. The summed E-state index contributed by atoms with van der Waals surface area (Å²) >= 11 is 4.59. The lowest BCUT2D eigenvalue weighted by molar-refractivity contribution is -0.122. The number of aromatic nitrogens is 3. The third-order valence-electron chi connectivity index (χ3n) is 3.41. The Morgan fingerprint density at radius 3 is 2.81 bits per heavy atom. The number of hydrogen-bond acceptors (Lipinski definition) is 6. The van der Waals surface area contributed by atoms with Crippen LogP contribution in [-0.4, -0.2) is 38.9 Å². The van der Waals surface area contributed by atoms with Gasteiger partial charge in [0.2, 0.25) is 11.8 Å². The number of thioether (sulfide) groups is 1. The Labute approximate surface area is 167 Å². The number of furan rings is 1. The quantitative estimate of drug-likeness (QED) is 0.512. The van der Waals surface area contributed by atoms with Gasteiger partial charge in [-0.25, -0.2) is 0 Å². The van der Waals surface area contributed by atoms with Gasteiger partial charge in [0.1, 0.15) is 12.1 Å². The molecule has 0 aliphatic heterocycles. The van der Waals surface area contributed by atoms with Crippen molar-refractivity contribution in [3.05, 3.63) is 59.2 Å². The van der Waals surface area contributed by atoms with Crippen molar-refractivity contribution in [2.45, 2.75) is 11.7 Å². The topological polar surface area (TPSA) is 102 Å². The van der Waals surface area contributed by atoms with Gasteiger partial charge in [-0.2, -0.15) is 0 Å².